The van der Waals surface area contributed by atoms with E-state index in [-0.39, 0.29) is 29.9 Å². The summed E-state index contributed by atoms with van der Waals surface area (Å²) in [6, 6.07) is 11.3. The molecule has 1 aromatic heterocycles. The number of ether oxygens (including phenoxy) is 2. The Morgan fingerprint density at radius 2 is 1.74 bits per heavy atom. The Hall–Kier alpha value is -4.49. The van der Waals surface area contributed by atoms with Gasteiger partial charge in [0.05, 0.1) is 11.3 Å². The molecule has 0 aliphatic heterocycles. The third kappa shape index (κ3) is 7.29. The van der Waals surface area contributed by atoms with Crippen molar-refractivity contribution in [3.63, 3.8) is 0 Å². The van der Waals surface area contributed by atoms with Crippen LogP contribution >= 0.6 is 0 Å². The number of esters is 1. The second-order valence-electron chi connectivity index (χ2n) is 6.61. The van der Waals surface area contributed by atoms with Gasteiger partial charge in [0.2, 0.25) is 5.91 Å². The zero-order valence-electron chi connectivity index (χ0n) is 17.3. The number of para-hydroxylation sites is 2. The first-order chi connectivity index (χ1) is 16.2. The van der Waals surface area contributed by atoms with Crippen molar-refractivity contribution in [2.75, 3.05) is 11.9 Å². The van der Waals surface area contributed by atoms with Crippen molar-refractivity contribution in [3.05, 3.63) is 66.0 Å². The van der Waals surface area contributed by atoms with Gasteiger partial charge in [0.25, 0.3) is 5.91 Å². The van der Waals surface area contributed by atoms with E-state index in [9.17, 15) is 27.6 Å². The Morgan fingerprint density at radius 3 is 2.47 bits per heavy atom. The van der Waals surface area contributed by atoms with Crippen LogP contribution in [0.25, 0.3) is 0 Å². The Kier molecular flexibility index (Phi) is 7.74. The van der Waals surface area contributed by atoms with Crippen LogP contribution in [0.5, 0.6) is 5.75 Å². The number of nitrogens with zero attached hydrogens (tertiary/aromatic N) is 4. The van der Waals surface area contributed by atoms with Gasteiger partial charge < -0.3 is 20.1 Å². The zero-order valence-corrected chi connectivity index (χ0v) is 17.3. The molecule has 0 spiro atoms. The van der Waals surface area contributed by atoms with Crippen LogP contribution in [-0.2, 0) is 27.4 Å². The summed E-state index contributed by atoms with van der Waals surface area (Å²) in [4.78, 5) is 36.6. The smallest absolute Gasteiger partial charge is 0.452 e. The van der Waals surface area contributed by atoms with Gasteiger partial charge in [-0.25, -0.2) is 9.48 Å². The minimum absolute atomic E-state index is 0.00992. The number of tetrazole rings is 1. The Morgan fingerprint density at radius 1 is 1.00 bits per heavy atom. The predicted octanol–water partition coefficient (Wildman–Crippen LogP) is 1.68. The summed E-state index contributed by atoms with van der Waals surface area (Å²) in [6.45, 7) is -1.18. The topological polar surface area (TPSA) is 137 Å². The van der Waals surface area contributed by atoms with E-state index >= 15 is 0 Å². The third-order valence-corrected chi connectivity index (χ3v) is 4.13. The quantitative estimate of drug-likeness (QED) is 0.443. The normalized spacial score (nSPS) is 10.9. The minimum Gasteiger partial charge on any atom is -0.452 e. The number of hydrogen-bond donors (Lipinski definition) is 2. The number of anilines is 1. The molecule has 3 rings (SSSR count). The van der Waals surface area contributed by atoms with E-state index in [0.717, 1.165) is 6.07 Å². The number of nitrogens with one attached hydrogen (secondary N) is 2. The number of halogens is 3. The molecule has 0 saturated heterocycles. The monoisotopic (exact) mass is 478 g/mol. The number of benzene rings is 2. The minimum atomic E-state index is -4.88. The van der Waals surface area contributed by atoms with Crippen LogP contribution in [0.2, 0.25) is 0 Å². The number of hydrogen-bond acceptors (Lipinski definition) is 8. The summed E-state index contributed by atoms with van der Waals surface area (Å²) in [5.74, 6) is -2.62. The molecule has 0 atom stereocenters. The van der Waals surface area contributed by atoms with Crippen LogP contribution < -0.4 is 15.4 Å². The van der Waals surface area contributed by atoms with Crippen molar-refractivity contribution in [1.29, 1.82) is 0 Å². The average molecular weight is 478 g/mol. The molecular formula is C20H17F3N6O5. The lowest BCUT2D eigenvalue weighted by molar-refractivity contribution is -0.274. The van der Waals surface area contributed by atoms with Gasteiger partial charge in [-0.1, -0.05) is 30.3 Å². The highest BCUT2D eigenvalue weighted by atomic mass is 19.4. The molecule has 3 aromatic rings. The number of carbonyl (C=O) groups excluding carboxylic acids is 3. The highest BCUT2D eigenvalue weighted by Crippen LogP contribution is 2.26. The van der Waals surface area contributed by atoms with E-state index in [4.69, 9.17) is 4.74 Å². The standard InChI is InChI=1S/C20H17F3N6O5/c21-20(22,23)34-16-8-4-1-5-13(16)9-24-18(31)11-33-19(32)14-6-2-3-7-15(14)26-17(30)10-29-12-25-27-28-29/h1-8,12H,9-11H2,(H,24,31)(H,26,30). The number of amides is 2. The maximum atomic E-state index is 12.5. The van der Waals surface area contributed by atoms with Crippen LogP contribution in [0.1, 0.15) is 15.9 Å². The lowest BCUT2D eigenvalue weighted by atomic mass is 10.2. The molecule has 0 unspecified atom stereocenters. The van der Waals surface area contributed by atoms with Crippen LogP contribution in [0.15, 0.2) is 54.9 Å². The summed E-state index contributed by atoms with van der Waals surface area (Å²) in [5, 5.41) is 15.3. The molecule has 1 heterocycles. The van der Waals surface area contributed by atoms with Gasteiger partial charge in [-0.2, -0.15) is 0 Å². The van der Waals surface area contributed by atoms with E-state index in [1.54, 1.807) is 6.07 Å². The molecule has 178 valence electrons. The highest BCUT2D eigenvalue weighted by molar-refractivity contribution is 6.01. The van der Waals surface area contributed by atoms with Crippen LogP contribution in [-0.4, -0.2) is 51.0 Å². The second-order valence-corrected chi connectivity index (χ2v) is 6.61. The molecule has 0 bridgehead atoms. The average Bonchev–Trinajstić information content (AvgIpc) is 3.29. The fourth-order valence-corrected chi connectivity index (χ4v) is 2.69. The van der Waals surface area contributed by atoms with Crippen molar-refractivity contribution in [1.82, 2.24) is 25.5 Å². The summed E-state index contributed by atoms with van der Waals surface area (Å²) < 4.78 is 47.5. The van der Waals surface area contributed by atoms with Crippen molar-refractivity contribution in [3.8, 4) is 5.75 Å². The van der Waals surface area contributed by atoms with Gasteiger partial charge in [-0.15, -0.1) is 18.3 Å². The van der Waals surface area contributed by atoms with Crippen molar-refractivity contribution < 1.29 is 37.0 Å². The lowest BCUT2D eigenvalue weighted by Gasteiger charge is -2.14. The number of aromatic nitrogens is 4. The highest BCUT2D eigenvalue weighted by Gasteiger charge is 2.32. The molecule has 0 aliphatic rings. The molecule has 2 aromatic carbocycles. The summed E-state index contributed by atoms with van der Waals surface area (Å²) in [5.41, 5.74) is 0.212. The maximum Gasteiger partial charge on any atom is 0.573 e. The Balaban J connectivity index is 1.53. The van der Waals surface area contributed by atoms with Gasteiger partial charge in [0, 0.05) is 12.1 Å². The van der Waals surface area contributed by atoms with E-state index < -0.39 is 36.5 Å². The van der Waals surface area contributed by atoms with Crippen LogP contribution in [0, 0.1) is 0 Å². The van der Waals surface area contributed by atoms with Crippen molar-refractivity contribution >= 4 is 23.5 Å². The number of rotatable bonds is 9. The molecule has 0 aliphatic carbocycles. The van der Waals surface area contributed by atoms with Gasteiger partial charge >= 0.3 is 12.3 Å². The van der Waals surface area contributed by atoms with Gasteiger partial charge in [-0.3, -0.25) is 9.59 Å². The van der Waals surface area contributed by atoms with E-state index in [1.165, 1.54) is 47.4 Å². The lowest BCUT2D eigenvalue weighted by Crippen LogP contribution is -2.29. The fourth-order valence-electron chi connectivity index (χ4n) is 2.69. The second kappa shape index (κ2) is 10.9. The first-order valence-corrected chi connectivity index (χ1v) is 9.58. The molecule has 2 amide bonds. The molecule has 34 heavy (non-hydrogen) atoms. The van der Waals surface area contributed by atoms with Crippen LogP contribution in [0.3, 0.4) is 0 Å². The molecule has 0 radical (unpaired) electrons. The molecule has 14 heteroatoms. The van der Waals surface area contributed by atoms with E-state index in [2.05, 4.69) is 30.9 Å². The first-order valence-electron chi connectivity index (χ1n) is 9.58. The zero-order chi connectivity index (χ0) is 24.6. The predicted molar refractivity (Wildman–Crippen MR) is 108 cm³/mol. The van der Waals surface area contributed by atoms with Gasteiger partial charge in [-0.05, 0) is 28.6 Å². The molecule has 0 saturated carbocycles. The molecule has 11 nitrogen and oxygen atoms in total. The van der Waals surface area contributed by atoms with Gasteiger partial charge in [0.15, 0.2) is 6.61 Å². The van der Waals surface area contributed by atoms with Crippen LogP contribution in [0.4, 0.5) is 18.9 Å². The largest absolute Gasteiger partial charge is 0.573 e. The number of alkyl halides is 3. The van der Waals surface area contributed by atoms with E-state index in [1.807, 2.05) is 0 Å². The van der Waals surface area contributed by atoms with Crippen molar-refractivity contribution in [2.24, 2.45) is 0 Å². The third-order valence-electron chi connectivity index (χ3n) is 4.13. The molecular weight excluding hydrogens is 461 g/mol. The molecule has 0 fully saturated rings. The summed E-state index contributed by atoms with van der Waals surface area (Å²) in [7, 11) is 0. The van der Waals surface area contributed by atoms with E-state index in [0.29, 0.717) is 0 Å². The molecule has 2 N–H and O–H groups in total. The Bertz CT molecular complexity index is 1150. The first kappa shape index (κ1) is 24.2. The SMILES string of the molecule is O=C(COC(=O)c1ccccc1NC(=O)Cn1cnnn1)NCc1ccccc1OC(F)(F)F. The maximum absolute atomic E-state index is 12.5. The fraction of sp³-hybridized carbons (Fsp3) is 0.200. The number of carbonyl (C=O) groups is 3. The Labute approximate surface area is 189 Å². The van der Waals surface area contributed by atoms with Gasteiger partial charge in [0.1, 0.15) is 18.6 Å². The summed E-state index contributed by atoms with van der Waals surface area (Å²) in [6.07, 6.45) is -3.64. The summed E-state index contributed by atoms with van der Waals surface area (Å²) >= 11 is 0. The van der Waals surface area contributed by atoms with Crippen molar-refractivity contribution in [2.45, 2.75) is 19.5 Å².